The molecule has 2 aromatic heterocycles. The van der Waals surface area contributed by atoms with Crippen molar-refractivity contribution in [2.45, 2.75) is 71.8 Å². The summed E-state index contributed by atoms with van der Waals surface area (Å²) in [6.07, 6.45) is 1.22. The molecular weight excluding hydrogens is 506 g/mol. The second-order valence-corrected chi connectivity index (χ2v) is 16.3. The maximum atomic E-state index is 13.0. The number of ether oxygens (including phenoxy) is 1. The number of benzene rings is 1. The van der Waals surface area contributed by atoms with E-state index >= 15 is 0 Å². The molecule has 1 atom stereocenters. The topological polar surface area (TPSA) is 78.5 Å². The molecular formula is C28H40ClN3O4Si. The summed E-state index contributed by atoms with van der Waals surface area (Å²) < 4.78 is 15.3. The first-order valence-corrected chi connectivity index (χ1v) is 15.8. The standard InChI is InChI=1S/C28H40ClN3O4Si/c1-11-21(33)25-23(18(3)31(7)30-25)24-19(29)13-14-20-22(24)17(2)26(27(34)35-8)32(20)15-12-16-36-37(9,10)28(4,5)6/h11,13-14,21,33H,1,12,15-16H2,2-10H3. The number of aromatic nitrogens is 3. The molecule has 2 heterocycles. The fourth-order valence-corrected chi connectivity index (χ4v) is 5.82. The quantitative estimate of drug-likeness (QED) is 0.139. The van der Waals surface area contributed by atoms with Crippen LogP contribution in [0.5, 0.6) is 0 Å². The van der Waals surface area contributed by atoms with Crippen LogP contribution < -0.4 is 0 Å². The van der Waals surface area contributed by atoms with E-state index in [-0.39, 0.29) is 5.04 Å². The molecule has 202 valence electrons. The number of carbonyl (C=O) groups excluding carboxylic acids is 1. The van der Waals surface area contributed by atoms with Crippen LogP contribution >= 0.6 is 11.6 Å². The van der Waals surface area contributed by atoms with Gasteiger partial charge < -0.3 is 18.8 Å². The van der Waals surface area contributed by atoms with Crippen LogP contribution in [0.3, 0.4) is 0 Å². The summed E-state index contributed by atoms with van der Waals surface area (Å²) in [7, 11) is 1.34. The number of esters is 1. The zero-order valence-electron chi connectivity index (χ0n) is 23.5. The summed E-state index contributed by atoms with van der Waals surface area (Å²) in [6, 6.07) is 3.77. The lowest BCUT2D eigenvalue weighted by atomic mass is 9.95. The largest absolute Gasteiger partial charge is 0.464 e. The fourth-order valence-electron chi connectivity index (χ4n) is 4.48. The minimum atomic E-state index is -1.88. The average Bonchev–Trinajstić information content (AvgIpc) is 3.28. The number of carbonyl (C=O) groups is 1. The second kappa shape index (κ2) is 10.8. The first kappa shape index (κ1) is 29.2. The molecule has 1 unspecified atom stereocenters. The molecule has 1 N–H and O–H groups in total. The highest BCUT2D eigenvalue weighted by atomic mass is 35.5. The number of hydrogen-bond acceptors (Lipinski definition) is 5. The van der Waals surface area contributed by atoms with Crippen LogP contribution in [0, 0.1) is 13.8 Å². The van der Waals surface area contributed by atoms with Crippen molar-refractivity contribution in [1.29, 1.82) is 0 Å². The number of hydrogen-bond donors (Lipinski definition) is 1. The minimum absolute atomic E-state index is 0.127. The van der Waals surface area contributed by atoms with Crippen molar-refractivity contribution in [3.63, 3.8) is 0 Å². The Labute approximate surface area is 226 Å². The maximum absolute atomic E-state index is 13.0. The van der Waals surface area contributed by atoms with Gasteiger partial charge in [-0.2, -0.15) is 5.10 Å². The number of aliphatic hydroxyl groups excluding tert-OH is 1. The number of aliphatic hydroxyl groups is 1. The molecule has 0 aliphatic heterocycles. The molecule has 9 heteroatoms. The van der Waals surface area contributed by atoms with Gasteiger partial charge in [0.05, 0.1) is 7.11 Å². The highest BCUT2D eigenvalue weighted by Crippen LogP contribution is 2.43. The van der Waals surface area contributed by atoms with Gasteiger partial charge in [-0.15, -0.1) is 6.58 Å². The van der Waals surface area contributed by atoms with Gasteiger partial charge in [0, 0.05) is 52.9 Å². The van der Waals surface area contributed by atoms with E-state index in [1.165, 1.54) is 13.2 Å². The number of fused-ring (bicyclic) bond motifs is 1. The van der Waals surface area contributed by atoms with Gasteiger partial charge in [0.25, 0.3) is 0 Å². The van der Waals surface area contributed by atoms with E-state index in [9.17, 15) is 9.90 Å². The number of nitrogens with zero attached hydrogens (tertiary/aromatic N) is 3. The van der Waals surface area contributed by atoms with Gasteiger partial charge in [0.15, 0.2) is 8.32 Å². The van der Waals surface area contributed by atoms with Gasteiger partial charge in [-0.3, -0.25) is 4.68 Å². The molecule has 0 bridgehead atoms. The van der Waals surface area contributed by atoms with E-state index in [0.29, 0.717) is 29.6 Å². The van der Waals surface area contributed by atoms with Crippen LogP contribution in [-0.4, -0.2) is 47.5 Å². The third kappa shape index (κ3) is 5.30. The van der Waals surface area contributed by atoms with Crippen molar-refractivity contribution in [3.8, 4) is 11.1 Å². The summed E-state index contributed by atoms with van der Waals surface area (Å²) in [5.41, 5.74) is 4.92. The van der Waals surface area contributed by atoms with Gasteiger partial charge in [0.2, 0.25) is 0 Å². The molecule has 0 spiro atoms. The van der Waals surface area contributed by atoms with Crippen LogP contribution in [0.4, 0.5) is 0 Å². The lowest BCUT2D eigenvalue weighted by Crippen LogP contribution is -2.41. The average molecular weight is 546 g/mol. The smallest absolute Gasteiger partial charge is 0.354 e. The summed E-state index contributed by atoms with van der Waals surface area (Å²) in [4.78, 5) is 13.0. The summed E-state index contributed by atoms with van der Waals surface area (Å²) in [5, 5.41) is 16.7. The number of methoxy groups -OCH3 is 1. The number of halogens is 1. The Morgan fingerprint density at radius 1 is 1.27 bits per heavy atom. The van der Waals surface area contributed by atoms with E-state index < -0.39 is 20.4 Å². The second-order valence-electron chi connectivity index (χ2n) is 11.0. The lowest BCUT2D eigenvalue weighted by Gasteiger charge is -2.36. The normalized spacial score (nSPS) is 13.3. The molecule has 0 saturated carbocycles. The van der Waals surface area contributed by atoms with E-state index in [4.69, 9.17) is 20.8 Å². The van der Waals surface area contributed by atoms with Crippen molar-refractivity contribution in [1.82, 2.24) is 14.3 Å². The molecule has 1 aromatic carbocycles. The molecule has 0 aliphatic carbocycles. The van der Waals surface area contributed by atoms with Crippen LogP contribution in [0.15, 0.2) is 24.8 Å². The fraction of sp³-hybridized carbons (Fsp3) is 0.500. The van der Waals surface area contributed by atoms with E-state index in [0.717, 1.165) is 39.7 Å². The van der Waals surface area contributed by atoms with Crippen molar-refractivity contribution >= 4 is 36.8 Å². The lowest BCUT2D eigenvalue weighted by molar-refractivity contribution is 0.0587. The molecule has 0 amide bonds. The summed E-state index contributed by atoms with van der Waals surface area (Å²) >= 11 is 6.82. The minimum Gasteiger partial charge on any atom is -0.464 e. The molecule has 0 aliphatic rings. The third-order valence-electron chi connectivity index (χ3n) is 7.71. The van der Waals surface area contributed by atoms with Crippen LogP contribution in [0.2, 0.25) is 23.2 Å². The Balaban J connectivity index is 2.18. The van der Waals surface area contributed by atoms with Crippen molar-refractivity contribution in [2.24, 2.45) is 7.05 Å². The Morgan fingerprint density at radius 3 is 2.49 bits per heavy atom. The molecule has 3 aromatic rings. The SMILES string of the molecule is C=CC(O)c1nn(C)c(C)c1-c1c(Cl)ccc2c1c(C)c(C(=O)OC)n2CCCO[Si](C)(C)C(C)(C)C. The van der Waals surface area contributed by atoms with Gasteiger partial charge >= 0.3 is 5.97 Å². The highest BCUT2D eigenvalue weighted by Gasteiger charge is 2.37. The van der Waals surface area contributed by atoms with E-state index in [2.05, 4.69) is 45.5 Å². The van der Waals surface area contributed by atoms with E-state index in [1.807, 2.05) is 37.6 Å². The predicted octanol–water partition coefficient (Wildman–Crippen LogP) is 6.73. The van der Waals surface area contributed by atoms with Gasteiger partial charge in [-0.05, 0) is 56.1 Å². The zero-order chi connectivity index (χ0) is 27.9. The molecule has 7 nitrogen and oxygen atoms in total. The van der Waals surface area contributed by atoms with Crippen LogP contribution in [0.25, 0.3) is 22.0 Å². The molecule has 0 radical (unpaired) electrons. The molecule has 0 saturated heterocycles. The molecule has 0 fully saturated rings. The summed E-state index contributed by atoms with van der Waals surface area (Å²) in [5.74, 6) is -0.407. The van der Waals surface area contributed by atoms with Crippen molar-refractivity contribution in [2.75, 3.05) is 13.7 Å². The zero-order valence-corrected chi connectivity index (χ0v) is 25.3. The third-order valence-corrected chi connectivity index (χ3v) is 12.6. The maximum Gasteiger partial charge on any atom is 0.354 e. The monoisotopic (exact) mass is 545 g/mol. The van der Waals surface area contributed by atoms with Crippen LogP contribution in [-0.2, 0) is 22.8 Å². The van der Waals surface area contributed by atoms with Crippen LogP contribution in [0.1, 0.15) is 60.7 Å². The number of rotatable bonds is 9. The summed E-state index contributed by atoms with van der Waals surface area (Å²) in [6.45, 7) is 19.9. The first-order chi connectivity index (χ1) is 17.2. The number of aryl methyl sites for hydroxylation is 3. The van der Waals surface area contributed by atoms with Gasteiger partial charge in [0.1, 0.15) is 17.5 Å². The van der Waals surface area contributed by atoms with Crippen molar-refractivity contribution < 1.29 is 19.1 Å². The molecule has 37 heavy (non-hydrogen) atoms. The Kier molecular flexibility index (Phi) is 8.49. The van der Waals surface area contributed by atoms with Crippen molar-refractivity contribution in [3.05, 3.63) is 52.5 Å². The Morgan fingerprint density at radius 2 is 1.92 bits per heavy atom. The van der Waals surface area contributed by atoms with Gasteiger partial charge in [-0.25, -0.2) is 4.79 Å². The first-order valence-electron chi connectivity index (χ1n) is 12.6. The van der Waals surface area contributed by atoms with Gasteiger partial charge in [-0.1, -0.05) is 38.4 Å². The Hall–Kier alpha value is -2.39. The predicted molar refractivity (Wildman–Crippen MR) is 153 cm³/mol. The van der Waals surface area contributed by atoms with E-state index in [1.54, 1.807) is 4.68 Å². The highest BCUT2D eigenvalue weighted by molar-refractivity contribution is 6.74. The molecule has 3 rings (SSSR count). The Bertz CT molecular complexity index is 1330.